The molecule has 1 aliphatic carbocycles. The molecule has 0 bridgehead atoms. The number of nitrogens with zero attached hydrogens (tertiary/aromatic N) is 4. The molecule has 3 N–H and O–H groups in total. The summed E-state index contributed by atoms with van der Waals surface area (Å²) < 4.78 is 25.7. The van der Waals surface area contributed by atoms with Gasteiger partial charge >= 0.3 is 0 Å². The minimum Gasteiger partial charge on any atom is -0.393 e. The Labute approximate surface area is 163 Å². The molecule has 0 saturated heterocycles. The second kappa shape index (κ2) is 8.21. The lowest BCUT2D eigenvalue weighted by atomic mass is 9.93. The Hall–Kier alpha value is -2.56. The molecular formula is C18H22N6O3S. The highest BCUT2D eigenvalue weighted by Crippen LogP contribution is 2.22. The van der Waals surface area contributed by atoms with Gasteiger partial charge in [-0.1, -0.05) is 12.1 Å². The summed E-state index contributed by atoms with van der Waals surface area (Å²) in [6.45, 7) is 0.226. The molecule has 28 heavy (non-hydrogen) atoms. The number of aliphatic hydroxyl groups is 1. The van der Waals surface area contributed by atoms with Gasteiger partial charge in [0, 0.05) is 30.2 Å². The van der Waals surface area contributed by atoms with E-state index in [4.69, 9.17) is 0 Å². The van der Waals surface area contributed by atoms with Crippen LogP contribution in [0.1, 0.15) is 31.2 Å². The predicted molar refractivity (Wildman–Crippen MR) is 106 cm³/mol. The Bertz CT molecular complexity index is 1030. The molecule has 0 radical (unpaired) electrons. The first-order chi connectivity index (χ1) is 13.6. The van der Waals surface area contributed by atoms with Gasteiger partial charge < -0.3 is 10.4 Å². The van der Waals surface area contributed by atoms with Crippen molar-refractivity contribution in [2.24, 2.45) is 0 Å². The summed E-state index contributed by atoms with van der Waals surface area (Å²) in [6, 6.07) is 7.69. The summed E-state index contributed by atoms with van der Waals surface area (Å²) >= 11 is 0. The highest BCUT2D eigenvalue weighted by molar-refractivity contribution is 7.70. The van der Waals surface area contributed by atoms with Crippen LogP contribution < -0.4 is 10.0 Å². The van der Waals surface area contributed by atoms with E-state index in [2.05, 4.69) is 25.1 Å². The molecule has 4 rings (SSSR count). The molecule has 2 aromatic heterocycles. The molecule has 0 spiro atoms. The summed E-state index contributed by atoms with van der Waals surface area (Å²) in [6.07, 6.45) is 6.57. The van der Waals surface area contributed by atoms with Crippen LogP contribution in [0.3, 0.4) is 0 Å². The minimum absolute atomic E-state index is 0.204. The van der Waals surface area contributed by atoms with E-state index < -0.39 is 10.9 Å². The molecule has 1 fully saturated rings. The van der Waals surface area contributed by atoms with E-state index in [1.165, 1.54) is 0 Å². The van der Waals surface area contributed by atoms with E-state index in [1.54, 1.807) is 23.1 Å². The second-order valence-corrected chi connectivity index (χ2v) is 7.76. The average Bonchev–Trinajstić information content (AvgIpc) is 3.12. The average molecular weight is 402 g/mol. The molecule has 0 unspecified atom stereocenters. The molecular weight excluding hydrogens is 380 g/mol. The van der Waals surface area contributed by atoms with E-state index in [0.29, 0.717) is 11.8 Å². The van der Waals surface area contributed by atoms with Gasteiger partial charge in [-0.15, -0.1) is 0 Å². The lowest BCUT2D eigenvalue weighted by Crippen LogP contribution is -2.29. The SMILES string of the molecule is O=[SH](=O)NCc1ccc2cnn(-c3ccnc(NC4CCC(O)CC4)n3)c2c1. The van der Waals surface area contributed by atoms with Gasteiger partial charge in [-0.3, -0.25) is 0 Å². The number of rotatable bonds is 6. The molecule has 148 valence electrons. The van der Waals surface area contributed by atoms with Crippen LogP contribution in [-0.4, -0.2) is 45.4 Å². The van der Waals surface area contributed by atoms with Crippen molar-refractivity contribution in [3.63, 3.8) is 0 Å². The Morgan fingerprint density at radius 2 is 2.00 bits per heavy atom. The summed E-state index contributed by atoms with van der Waals surface area (Å²) in [7, 11) is -2.64. The number of thiol groups is 1. The maximum atomic E-state index is 10.8. The second-order valence-electron chi connectivity index (χ2n) is 6.93. The number of nitrogens with one attached hydrogen (secondary N) is 2. The van der Waals surface area contributed by atoms with Gasteiger partial charge in [-0.2, -0.15) is 10.1 Å². The van der Waals surface area contributed by atoms with Gasteiger partial charge in [-0.25, -0.2) is 22.8 Å². The van der Waals surface area contributed by atoms with E-state index in [-0.39, 0.29) is 18.7 Å². The normalized spacial score (nSPS) is 19.9. The number of aromatic nitrogens is 4. The van der Waals surface area contributed by atoms with E-state index in [9.17, 15) is 13.5 Å². The van der Waals surface area contributed by atoms with Crippen molar-refractivity contribution in [2.45, 2.75) is 44.4 Å². The van der Waals surface area contributed by atoms with Gasteiger partial charge in [0.2, 0.25) is 16.8 Å². The summed E-state index contributed by atoms with van der Waals surface area (Å²) in [5, 5.41) is 18.3. The standard InChI is InChI=1S/C18H22N6O3S/c25-15-5-3-14(4-6-15)22-18-19-8-7-17(23-18)24-16-9-12(10-21-28(26)27)1-2-13(16)11-20-24/h1-2,7-9,11,14-15,25,28H,3-6,10H2,(H,19,22,23)(H,21,26,27). The Morgan fingerprint density at radius 3 is 2.79 bits per heavy atom. The monoisotopic (exact) mass is 402 g/mol. The predicted octanol–water partition coefficient (Wildman–Crippen LogP) is 1.15. The molecule has 2 heterocycles. The van der Waals surface area contributed by atoms with Crippen molar-refractivity contribution in [3.05, 3.63) is 42.2 Å². The van der Waals surface area contributed by atoms with Crippen LogP contribution in [0.4, 0.5) is 5.95 Å². The van der Waals surface area contributed by atoms with Crippen LogP contribution in [0.2, 0.25) is 0 Å². The first kappa shape index (κ1) is 18.8. The number of anilines is 1. The van der Waals surface area contributed by atoms with Crippen molar-refractivity contribution in [1.82, 2.24) is 24.5 Å². The molecule has 1 aliphatic rings. The largest absolute Gasteiger partial charge is 0.393 e. The number of fused-ring (bicyclic) bond motifs is 1. The topological polar surface area (TPSA) is 122 Å². The molecule has 1 saturated carbocycles. The van der Waals surface area contributed by atoms with Crippen LogP contribution in [0, 0.1) is 0 Å². The van der Waals surface area contributed by atoms with Gasteiger partial charge in [-0.05, 0) is 37.3 Å². The molecule has 10 heteroatoms. The highest BCUT2D eigenvalue weighted by Gasteiger charge is 2.20. The quantitative estimate of drug-likeness (QED) is 0.456. The zero-order valence-electron chi connectivity index (χ0n) is 15.2. The first-order valence-electron chi connectivity index (χ1n) is 9.21. The van der Waals surface area contributed by atoms with Gasteiger partial charge in [0.15, 0.2) is 5.82 Å². The number of hydrogen-bond donors (Lipinski definition) is 4. The molecule has 3 aromatic rings. The Kier molecular flexibility index (Phi) is 5.51. The minimum atomic E-state index is -2.64. The van der Waals surface area contributed by atoms with Crippen LogP contribution in [0.5, 0.6) is 0 Å². The zero-order chi connectivity index (χ0) is 19.5. The van der Waals surface area contributed by atoms with Crippen molar-refractivity contribution in [3.8, 4) is 5.82 Å². The van der Waals surface area contributed by atoms with Crippen molar-refractivity contribution in [2.75, 3.05) is 5.32 Å². The van der Waals surface area contributed by atoms with E-state index >= 15 is 0 Å². The molecule has 9 nitrogen and oxygen atoms in total. The fraction of sp³-hybridized carbons (Fsp3) is 0.389. The van der Waals surface area contributed by atoms with Crippen molar-refractivity contribution in [1.29, 1.82) is 0 Å². The summed E-state index contributed by atoms with van der Waals surface area (Å²) in [5.41, 5.74) is 1.67. The van der Waals surface area contributed by atoms with E-state index in [1.807, 2.05) is 18.2 Å². The van der Waals surface area contributed by atoms with Gasteiger partial charge in [0.05, 0.1) is 17.8 Å². The van der Waals surface area contributed by atoms with Gasteiger partial charge in [0.1, 0.15) is 0 Å². The smallest absolute Gasteiger partial charge is 0.224 e. The Morgan fingerprint density at radius 1 is 1.18 bits per heavy atom. The fourth-order valence-corrected chi connectivity index (χ4v) is 3.76. The summed E-state index contributed by atoms with van der Waals surface area (Å²) in [5.74, 6) is 1.16. The number of hydrogen-bond acceptors (Lipinski definition) is 7. The van der Waals surface area contributed by atoms with Crippen molar-refractivity contribution >= 4 is 27.7 Å². The lowest BCUT2D eigenvalue weighted by Gasteiger charge is -2.26. The van der Waals surface area contributed by atoms with Crippen LogP contribution >= 0.6 is 0 Å². The zero-order valence-corrected chi connectivity index (χ0v) is 16.0. The molecule has 0 amide bonds. The maximum absolute atomic E-state index is 10.8. The molecule has 0 aliphatic heterocycles. The number of aliphatic hydroxyl groups excluding tert-OH is 1. The number of benzene rings is 1. The highest BCUT2D eigenvalue weighted by atomic mass is 32.2. The summed E-state index contributed by atoms with van der Waals surface area (Å²) in [4.78, 5) is 8.89. The van der Waals surface area contributed by atoms with E-state index in [0.717, 1.165) is 42.1 Å². The van der Waals surface area contributed by atoms with Gasteiger partial charge in [0.25, 0.3) is 0 Å². The fourth-order valence-electron chi connectivity index (χ4n) is 3.45. The van der Waals surface area contributed by atoms with Crippen molar-refractivity contribution < 1.29 is 13.5 Å². The molecule has 0 atom stereocenters. The lowest BCUT2D eigenvalue weighted by molar-refractivity contribution is 0.126. The van der Waals surface area contributed by atoms with Crippen LogP contribution in [0.25, 0.3) is 16.7 Å². The Balaban J connectivity index is 1.58. The maximum Gasteiger partial charge on any atom is 0.224 e. The third-order valence-corrected chi connectivity index (χ3v) is 5.35. The first-order valence-corrected chi connectivity index (χ1v) is 10.4. The molecule has 1 aromatic carbocycles. The third kappa shape index (κ3) is 4.29. The van der Waals surface area contributed by atoms with Crippen LogP contribution in [0.15, 0.2) is 36.7 Å². The van der Waals surface area contributed by atoms with Crippen LogP contribution in [-0.2, 0) is 17.4 Å². The third-order valence-electron chi connectivity index (χ3n) is 4.94.